The number of hydrogen-bond donors (Lipinski definition) is 1. The van der Waals surface area contributed by atoms with Gasteiger partial charge >= 0.3 is 11.9 Å². The Labute approximate surface area is 109 Å². The minimum absolute atomic E-state index is 0.210. The van der Waals surface area contributed by atoms with Crippen molar-refractivity contribution in [1.29, 1.82) is 0 Å². The zero-order chi connectivity index (χ0) is 13.4. The molecule has 0 radical (unpaired) electrons. The van der Waals surface area contributed by atoms with Gasteiger partial charge in [-0.1, -0.05) is 30.3 Å². The van der Waals surface area contributed by atoms with Gasteiger partial charge in [0, 0.05) is 5.56 Å². The molecule has 2 aromatic carbocycles. The van der Waals surface area contributed by atoms with Crippen molar-refractivity contribution >= 4 is 11.9 Å². The summed E-state index contributed by atoms with van der Waals surface area (Å²) in [7, 11) is 0. The van der Waals surface area contributed by atoms with Crippen molar-refractivity contribution in [2.45, 2.75) is 6.10 Å². The van der Waals surface area contributed by atoms with Gasteiger partial charge < -0.3 is 9.84 Å². The molecule has 0 aliphatic carbocycles. The van der Waals surface area contributed by atoms with Gasteiger partial charge in [-0.15, -0.1) is 0 Å². The quantitative estimate of drug-likeness (QED) is 0.837. The van der Waals surface area contributed by atoms with E-state index in [1.54, 1.807) is 24.3 Å². The lowest BCUT2D eigenvalue weighted by atomic mass is 9.98. The fourth-order valence-corrected chi connectivity index (χ4v) is 2.19. The van der Waals surface area contributed by atoms with E-state index in [9.17, 15) is 9.59 Å². The fraction of sp³-hybridized carbons (Fsp3) is 0.0667. The van der Waals surface area contributed by atoms with Crippen molar-refractivity contribution < 1.29 is 19.4 Å². The van der Waals surface area contributed by atoms with Crippen LogP contribution in [0.15, 0.2) is 48.5 Å². The number of cyclic esters (lactones) is 1. The maximum atomic E-state index is 11.7. The SMILES string of the molecule is O=C(O)c1ccc(C2OC(=O)c3ccccc32)cc1. The van der Waals surface area contributed by atoms with E-state index < -0.39 is 12.1 Å². The Hall–Kier alpha value is -2.62. The summed E-state index contributed by atoms with van der Waals surface area (Å²) < 4.78 is 5.33. The molecule has 4 nitrogen and oxygen atoms in total. The molecule has 0 spiro atoms. The molecule has 0 fully saturated rings. The summed E-state index contributed by atoms with van der Waals surface area (Å²) in [6.45, 7) is 0. The van der Waals surface area contributed by atoms with Gasteiger partial charge in [0.1, 0.15) is 0 Å². The third-order valence-electron chi connectivity index (χ3n) is 3.15. The van der Waals surface area contributed by atoms with Gasteiger partial charge in [-0.05, 0) is 23.8 Å². The van der Waals surface area contributed by atoms with Crippen molar-refractivity contribution in [2.75, 3.05) is 0 Å². The molecule has 1 aliphatic rings. The predicted molar refractivity (Wildman–Crippen MR) is 67.1 cm³/mol. The van der Waals surface area contributed by atoms with Gasteiger partial charge in [0.15, 0.2) is 6.10 Å². The van der Waals surface area contributed by atoms with Crippen LogP contribution in [-0.4, -0.2) is 17.0 Å². The number of benzene rings is 2. The Morgan fingerprint density at radius 2 is 1.74 bits per heavy atom. The Morgan fingerprint density at radius 1 is 1.05 bits per heavy atom. The van der Waals surface area contributed by atoms with Crippen LogP contribution in [0.25, 0.3) is 0 Å². The number of hydrogen-bond acceptors (Lipinski definition) is 3. The second-order valence-corrected chi connectivity index (χ2v) is 4.30. The summed E-state index contributed by atoms with van der Waals surface area (Å²) in [4.78, 5) is 22.5. The lowest BCUT2D eigenvalue weighted by Crippen LogP contribution is -2.02. The average molecular weight is 254 g/mol. The lowest BCUT2D eigenvalue weighted by Gasteiger charge is -2.11. The maximum absolute atomic E-state index is 11.7. The van der Waals surface area contributed by atoms with Gasteiger partial charge in [-0.25, -0.2) is 9.59 Å². The van der Waals surface area contributed by atoms with Crippen molar-refractivity contribution in [3.05, 3.63) is 70.8 Å². The Kier molecular flexibility index (Phi) is 2.56. The molecular weight excluding hydrogens is 244 g/mol. The third kappa shape index (κ3) is 1.87. The number of rotatable bonds is 2. The van der Waals surface area contributed by atoms with Crippen LogP contribution < -0.4 is 0 Å². The monoisotopic (exact) mass is 254 g/mol. The van der Waals surface area contributed by atoms with E-state index in [1.807, 2.05) is 12.1 Å². The van der Waals surface area contributed by atoms with Crippen LogP contribution in [0.1, 0.15) is 37.9 Å². The summed E-state index contributed by atoms with van der Waals surface area (Å²) in [5, 5.41) is 8.86. The molecule has 1 aliphatic heterocycles. The summed E-state index contributed by atoms with van der Waals surface area (Å²) in [6.07, 6.45) is -0.452. The van der Waals surface area contributed by atoms with Gasteiger partial charge in [0.05, 0.1) is 11.1 Å². The van der Waals surface area contributed by atoms with Crippen molar-refractivity contribution in [3.63, 3.8) is 0 Å². The number of carboxylic acid groups (broad SMARTS) is 1. The summed E-state index contributed by atoms with van der Waals surface area (Å²) in [6, 6.07) is 13.6. The smallest absolute Gasteiger partial charge is 0.339 e. The standard InChI is InChI=1S/C15H10O4/c16-14(17)10-7-5-9(6-8-10)13-11-3-1-2-4-12(11)15(18)19-13/h1-8,13H,(H,16,17). The highest BCUT2D eigenvalue weighted by Crippen LogP contribution is 2.35. The number of aromatic carboxylic acids is 1. The number of carbonyl (C=O) groups is 2. The Balaban J connectivity index is 2.00. The van der Waals surface area contributed by atoms with E-state index in [0.717, 1.165) is 11.1 Å². The molecule has 0 aromatic heterocycles. The molecule has 1 N–H and O–H groups in total. The molecule has 0 bridgehead atoms. The molecule has 0 saturated heterocycles. The minimum Gasteiger partial charge on any atom is -0.478 e. The van der Waals surface area contributed by atoms with E-state index in [1.165, 1.54) is 12.1 Å². The van der Waals surface area contributed by atoms with E-state index in [-0.39, 0.29) is 11.5 Å². The van der Waals surface area contributed by atoms with Crippen molar-refractivity contribution in [2.24, 2.45) is 0 Å². The molecule has 3 rings (SSSR count). The molecule has 2 aromatic rings. The van der Waals surface area contributed by atoms with E-state index in [4.69, 9.17) is 9.84 Å². The number of ether oxygens (including phenoxy) is 1. The fourth-order valence-electron chi connectivity index (χ4n) is 2.19. The van der Waals surface area contributed by atoms with Crippen LogP contribution in [0.4, 0.5) is 0 Å². The second kappa shape index (κ2) is 4.24. The zero-order valence-electron chi connectivity index (χ0n) is 9.87. The lowest BCUT2D eigenvalue weighted by molar-refractivity contribution is 0.0455. The molecular formula is C15H10O4. The summed E-state index contributed by atoms with van der Waals surface area (Å²) in [5.74, 6) is -1.32. The molecule has 4 heteroatoms. The first-order valence-corrected chi connectivity index (χ1v) is 5.80. The van der Waals surface area contributed by atoms with Crippen LogP contribution in [0.5, 0.6) is 0 Å². The molecule has 19 heavy (non-hydrogen) atoms. The van der Waals surface area contributed by atoms with E-state index >= 15 is 0 Å². The van der Waals surface area contributed by atoms with Crippen LogP contribution >= 0.6 is 0 Å². The van der Waals surface area contributed by atoms with Crippen molar-refractivity contribution in [3.8, 4) is 0 Å². The highest BCUT2D eigenvalue weighted by atomic mass is 16.5. The maximum Gasteiger partial charge on any atom is 0.339 e. The van der Waals surface area contributed by atoms with Crippen molar-refractivity contribution in [1.82, 2.24) is 0 Å². The summed E-state index contributed by atoms with van der Waals surface area (Å²) in [5.41, 5.74) is 2.36. The first kappa shape index (κ1) is 11.5. The third-order valence-corrected chi connectivity index (χ3v) is 3.15. The highest BCUT2D eigenvalue weighted by Gasteiger charge is 2.31. The van der Waals surface area contributed by atoms with E-state index in [0.29, 0.717) is 5.56 Å². The zero-order valence-corrected chi connectivity index (χ0v) is 9.87. The van der Waals surface area contributed by atoms with Gasteiger partial charge in [-0.3, -0.25) is 0 Å². The molecule has 94 valence electrons. The molecule has 1 unspecified atom stereocenters. The number of carboxylic acids is 1. The second-order valence-electron chi connectivity index (χ2n) is 4.30. The first-order valence-electron chi connectivity index (χ1n) is 5.80. The Bertz CT molecular complexity index is 658. The van der Waals surface area contributed by atoms with Crippen LogP contribution in [0.3, 0.4) is 0 Å². The highest BCUT2D eigenvalue weighted by molar-refractivity contribution is 5.94. The van der Waals surface area contributed by atoms with Gasteiger partial charge in [0.25, 0.3) is 0 Å². The van der Waals surface area contributed by atoms with Crippen LogP contribution in [-0.2, 0) is 4.74 Å². The number of esters is 1. The normalized spacial score (nSPS) is 16.8. The average Bonchev–Trinajstić information content (AvgIpc) is 2.77. The summed E-state index contributed by atoms with van der Waals surface area (Å²) >= 11 is 0. The molecule has 1 atom stereocenters. The number of carbonyl (C=O) groups excluding carboxylic acids is 1. The first-order chi connectivity index (χ1) is 9.16. The minimum atomic E-state index is -0.977. The van der Waals surface area contributed by atoms with Gasteiger partial charge in [0.2, 0.25) is 0 Å². The van der Waals surface area contributed by atoms with Gasteiger partial charge in [-0.2, -0.15) is 0 Å². The topological polar surface area (TPSA) is 63.6 Å². The molecule has 0 amide bonds. The predicted octanol–water partition coefficient (Wildman–Crippen LogP) is 2.64. The number of fused-ring (bicyclic) bond motifs is 1. The Morgan fingerprint density at radius 3 is 2.42 bits per heavy atom. The van der Waals surface area contributed by atoms with Crippen LogP contribution in [0.2, 0.25) is 0 Å². The molecule has 1 heterocycles. The largest absolute Gasteiger partial charge is 0.478 e. The molecule has 0 saturated carbocycles. The van der Waals surface area contributed by atoms with Crippen LogP contribution in [0, 0.1) is 0 Å². The van der Waals surface area contributed by atoms with E-state index in [2.05, 4.69) is 0 Å².